The van der Waals surface area contributed by atoms with Gasteiger partial charge in [-0.05, 0) is 31.5 Å². The molecule has 2 rings (SSSR count). The molecule has 0 aliphatic heterocycles. The van der Waals surface area contributed by atoms with E-state index >= 15 is 0 Å². The number of hydrogen-bond donors (Lipinski definition) is 1. The third-order valence-electron chi connectivity index (χ3n) is 2.93. The van der Waals surface area contributed by atoms with Crippen LogP contribution in [0.25, 0.3) is 0 Å². The van der Waals surface area contributed by atoms with E-state index in [9.17, 15) is 18.9 Å². The van der Waals surface area contributed by atoms with Crippen LogP contribution in [0, 0.1) is 35.6 Å². The molecule has 0 unspecified atom stereocenters. The van der Waals surface area contributed by atoms with Gasteiger partial charge in [-0.15, -0.1) is 11.3 Å². The van der Waals surface area contributed by atoms with Crippen molar-refractivity contribution in [3.8, 4) is 0 Å². The van der Waals surface area contributed by atoms with Crippen LogP contribution in [0.3, 0.4) is 0 Å². The molecule has 20 heavy (non-hydrogen) atoms. The molecular formula is C13H12F2N2O2S. The highest BCUT2D eigenvalue weighted by molar-refractivity contribution is 7.12. The summed E-state index contributed by atoms with van der Waals surface area (Å²) in [6.45, 7) is 4.11. The Morgan fingerprint density at radius 3 is 2.60 bits per heavy atom. The molecule has 1 aromatic heterocycles. The Bertz CT molecular complexity index is 651. The minimum Gasteiger partial charge on any atom is -0.372 e. The number of hydrogen-bond acceptors (Lipinski definition) is 4. The molecule has 0 bridgehead atoms. The molecule has 0 aliphatic rings. The first kappa shape index (κ1) is 14.4. The maximum absolute atomic E-state index is 13.7. The van der Waals surface area contributed by atoms with Crippen LogP contribution < -0.4 is 5.32 Å². The summed E-state index contributed by atoms with van der Waals surface area (Å²) in [5.74, 6) is -2.35. The minimum atomic E-state index is -1.23. The molecule has 0 saturated carbocycles. The molecule has 0 atom stereocenters. The van der Waals surface area contributed by atoms with E-state index in [1.807, 2.05) is 19.9 Å². The number of thiophene rings is 1. The predicted molar refractivity (Wildman–Crippen MR) is 74.1 cm³/mol. The van der Waals surface area contributed by atoms with E-state index in [0.717, 1.165) is 27.5 Å². The van der Waals surface area contributed by atoms with Crippen molar-refractivity contribution in [2.45, 2.75) is 20.4 Å². The Kier molecular flexibility index (Phi) is 3.99. The van der Waals surface area contributed by atoms with Gasteiger partial charge in [0.2, 0.25) is 0 Å². The molecular weight excluding hydrogens is 286 g/mol. The lowest BCUT2D eigenvalue weighted by molar-refractivity contribution is -0.384. The van der Waals surface area contributed by atoms with Crippen molar-refractivity contribution < 1.29 is 13.7 Å². The van der Waals surface area contributed by atoms with Crippen LogP contribution in [0.15, 0.2) is 18.2 Å². The number of aryl methyl sites for hydroxylation is 2. The molecule has 1 heterocycles. The van der Waals surface area contributed by atoms with Gasteiger partial charge in [0.1, 0.15) is 0 Å². The van der Waals surface area contributed by atoms with E-state index < -0.39 is 27.9 Å². The Labute approximate surface area is 118 Å². The van der Waals surface area contributed by atoms with E-state index in [1.54, 1.807) is 0 Å². The molecule has 0 saturated heterocycles. The van der Waals surface area contributed by atoms with Gasteiger partial charge in [-0.2, -0.15) is 0 Å². The number of nitrogens with one attached hydrogen (secondary N) is 1. The van der Waals surface area contributed by atoms with Crippen LogP contribution in [0.5, 0.6) is 0 Å². The molecule has 7 heteroatoms. The molecule has 0 radical (unpaired) electrons. The number of nitro benzene ring substituents is 1. The van der Waals surface area contributed by atoms with Gasteiger partial charge in [0.25, 0.3) is 5.69 Å². The van der Waals surface area contributed by atoms with Gasteiger partial charge >= 0.3 is 0 Å². The average Bonchev–Trinajstić information content (AvgIpc) is 2.70. The Morgan fingerprint density at radius 1 is 1.35 bits per heavy atom. The second-order valence-electron chi connectivity index (χ2n) is 4.32. The number of nitro groups is 1. The van der Waals surface area contributed by atoms with Crippen molar-refractivity contribution in [2.24, 2.45) is 0 Å². The van der Waals surface area contributed by atoms with Crippen LogP contribution >= 0.6 is 11.3 Å². The molecule has 1 aromatic carbocycles. The van der Waals surface area contributed by atoms with Crippen LogP contribution in [0.2, 0.25) is 0 Å². The smallest absolute Gasteiger partial charge is 0.295 e. The summed E-state index contributed by atoms with van der Waals surface area (Å²) in [4.78, 5) is 12.1. The molecule has 0 amide bonds. The van der Waals surface area contributed by atoms with Gasteiger partial charge in [0, 0.05) is 22.4 Å². The highest BCUT2D eigenvalue weighted by Gasteiger charge is 2.21. The van der Waals surface area contributed by atoms with E-state index in [4.69, 9.17) is 0 Å². The topological polar surface area (TPSA) is 55.2 Å². The van der Waals surface area contributed by atoms with Gasteiger partial charge in [0.15, 0.2) is 17.3 Å². The van der Waals surface area contributed by atoms with Crippen LogP contribution in [0.4, 0.5) is 20.2 Å². The van der Waals surface area contributed by atoms with Crippen molar-refractivity contribution in [2.75, 3.05) is 5.32 Å². The standard InChI is InChI=1S/C13H12F2N2O2S/c1-7-5-9(20-8(7)2)6-16-13-11(17(18)19)4-3-10(14)12(13)15/h3-5,16H,6H2,1-2H3. The maximum atomic E-state index is 13.7. The van der Waals surface area contributed by atoms with Crippen molar-refractivity contribution >= 4 is 22.7 Å². The van der Waals surface area contributed by atoms with E-state index in [1.165, 1.54) is 11.3 Å². The fourth-order valence-electron chi connectivity index (χ4n) is 1.77. The average molecular weight is 298 g/mol. The van der Waals surface area contributed by atoms with Crippen LogP contribution in [-0.4, -0.2) is 4.92 Å². The first-order valence-electron chi connectivity index (χ1n) is 5.82. The highest BCUT2D eigenvalue weighted by Crippen LogP contribution is 2.30. The SMILES string of the molecule is Cc1cc(CNc2c([N+](=O)[O-])ccc(F)c2F)sc1C. The molecule has 0 fully saturated rings. The summed E-state index contributed by atoms with van der Waals surface area (Å²) in [6.07, 6.45) is 0. The normalized spacial score (nSPS) is 10.6. The summed E-state index contributed by atoms with van der Waals surface area (Å²) < 4.78 is 26.9. The lowest BCUT2D eigenvalue weighted by Crippen LogP contribution is -2.05. The Hall–Kier alpha value is -2.02. The number of anilines is 1. The summed E-state index contributed by atoms with van der Waals surface area (Å²) in [5, 5.41) is 13.4. The number of benzene rings is 1. The summed E-state index contributed by atoms with van der Waals surface area (Å²) >= 11 is 1.51. The molecule has 4 nitrogen and oxygen atoms in total. The molecule has 1 N–H and O–H groups in total. The third-order valence-corrected chi connectivity index (χ3v) is 4.08. The monoisotopic (exact) mass is 298 g/mol. The predicted octanol–water partition coefficient (Wildman–Crippen LogP) is 4.16. The van der Waals surface area contributed by atoms with E-state index in [2.05, 4.69) is 5.32 Å². The zero-order chi connectivity index (χ0) is 14.9. The molecule has 0 spiro atoms. The minimum absolute atomic E-state index is 0.209. The molecule has 106 valence electrons. The molecule has 2 aromatic rings. The van der Waals surface area contributed by atoms with Crippen molar-refractivity contribution in [1.82, 2.24) is 0 Å². The summed E-state index contributed by atoms with van der Waals surface area (Å²) in [6, 6.07) is 3.61. The zero-order valence-electron chi connectivity index (χ0n) is 10.9. The Balaban J connectivity index is 2.28. The first-order chi connectivity index (χ1) is 9.40. The van der Waals surface area contributed by atoms with Crippen molar-refractivity contribution in [3.05, 3.63) is 55.3 Å². The lowest BCUT2D eigenvalue weighted by atomic mass is 10.2. The highest BCUT2D eigenvalue weighted by atomic mass is 32.1. The number of rotatable bonds is 4. The van der Waals surface area contributed by atoms with Crippen LogP contribution in [-0.2, 0) is 6.54 Å². The van der Waals surface area contributed by atoms with Crippen molar-refractivity contribution in [1.29, 1.82) is 0 Å². The largest absolute Gasteiger partial charge is 0.372 e. The van der Waals surface area contributed by atoms with Crippen LogP contribution in [0.1, 0.15) is 15.3 Å². The summed E-state index contributed by atoms with van der Waals surface area (Å²) in [7, 11) is 0. The fourth-order valence-corrected chi connectivity index (χ4v) is 2.77. The fraction of sp³-hybridized carbons (Fsp3) is 0.231. The second kappa shape index (κ2) is 5.54. The second-order valence-corrected chi connectivity index (χ2v) is 5.66. The first-order valence-corrected chi connectivity index (χ1v) is 6.64. The van der Waals surface area contributed by atoms with E-state index in [0.29, 0.717) is 0 Å². The number of halogens is 2. The maximum Gasteiger partial charge on any atom is 0.295 e. The van der Waals surface area contributed by atoms with Gasteiger partial charge in [-0.3, -0.25) is 10.1 Å². The molecule has 0 aliphatic carbocycles. The van der Waals surface area contributed by atoms with Gasteiger partial charge in [-0.1, -0.05) is 0 Å². The third kappa shape index (κ3) is 2.77. The van der Waals surface area contributed by atoms with Gasteiger partial charge in [-0.25, -0.2) is 8.78 Å². The van der Waals surface area contributed by atoms with Gasteiger partial charge in [0.05, 0.1) is 4.92 Å². The van der Waals surface area contributed by atoms with Crippen molar-refractivity contribution in [3.63, 3.8) is 0 Å². The van der Waals surface area contributed by atoms with Gasteiger partial charge < -0.3 is 5.32 Å². The zero-order valence-corrected chi connectivity index (χ0v) is 11.7. The Morgan fingerprint density at radius 2 is 2.05 bits per heavy atom. The summed E-state index contributed by atoms with van der Waals surface area (Å²) in [5.41, 5.74) is 0.202. The number of nitrogens with zero attached hydrogens (tertiary/aromatic N) is 1. The lowest BCUT2D eigenvalue weighted by Gasteiger charge is -2.07. The quantitative estimate of drug-likeness (QED) is 0.681. The van der Waals surface area contributed by atoms with E-state index in [-0.39, 0.29) is 6.54 Å².